The first-order chi connectivity index (χ1) is 8.22. The molecule has 0 aromatic heterocycles. The van der Waals surface area contributed by atoms with Crippen LogP contribution in [0.25, 0.3) is 0 Å². The molecule has 1 aliphatic rings. The summed E-state index contributed by atoms with van der Waals surface area (Å²) < 4.78 is 5.14. The lowest BCUT2D eigenvalue weighted by Gasteiger charge is -2.25. The zero-order valence-corrected chi connectivity index (χ0v) is 11.5. The lowest BCUT2D eigenvalue weighted by Crippen LogP contribution is -2.41. The lowest BCUT2D eigenvalue weighted by atomic mass is 10.2. The summed E-state index contributed by atoms with van der Waals surface area (Å²) in [5.74, 6) is 0.879. The molecule has 0 radical (unpaired) electrons. The van der Waals surface area contributed by atoms with E-state index in [0.29, 0.717) is 6.61 Å². The first kappa shape index (κ1) is 14.3. The monoisotopic (exact) mass is 255 g/mol. The van der Waals surface area contributed by atoms with Gasteiger partial charge in [-0.1, -0.05) is 18.7 Å². The second kappa shape index (κ2) is 7.56. The molecule has 4 heteroatoms. The first-order valence-electron chi connectivity index (χ1n) is 5.94. The van der Waals surface area contributed by atoms with Gasteiger partial charge in [0, 0.05) is 13.1 Å². The van der Waals surface area contributed by atoms with E-state index in [2.05, 4.69) is 23.8 Å². The highest BCUT2D eigenvalue weighted by molar-refractivity contribution is 7.98. The SMILES string of the molecule is C=CC1=CCN([C@@H](CCSC)C(=O)OCC)C1. The highest BCUT2D eigenvalue weighted by Crippen LogP contribution is 2.17. The van der Waals surface area contributed by atoms with Crippen LogP contribution in [0.4, 0.5) is 0 Å². The molecule has 0 aromatic rings. The molecule has 0 fully saturated rings. The Bertz CT molecular complexity index is 302. The Morgan fingerprint density at radius 1 is 1.76 bits per heavy atom. The molecule has 3 nitrogen and oxygen atoms in total. The van der Waals surface area contributed by atoms with Crippen molar-refractivity contribution in [1.29, 1.82) is 0 Å². The lowest BCUT2D eigenvalue weighted by molar-refractivity contribution is -0.149. The van der Waals surface area contributed by atoms with E-state index in [-0.39, 0.29) is 12.0 Å². The van der Waals surface area contributed by atoms with Crippen LogP contribution in [-0.4, -0.2) is 48.6 Å². The van der Waals surface area contributed by atoms with Gasteiger partial charge in [-0.05, 0) is 30.9 Å². The normalized spacial score (nSPS) is 17.6. The minimum Gasteiger partial charge on any atom is -0.465 e. The smallest absolute Gasteiger partial charge is 0.323 e. The second-order valence-electron chi connectivity index (χ2n) is 3.96. The number of nitrogens with zero attached hydrogens (tertiary/aromatic N) is 1. The van der Waals surface area contributed by atoms with Gasteiger partial charge in [0.05, 0.1) is 6.61 Å². The van der Waals surface area contributed by atoms with E-state index in [1.54, 1.807) is 11.8 Å². The minimum absolute atomic E-state index is 0.0970. The molecule has 1 heterocycles. The van der Waals surface area contributed by atoms with Crippen molar-refractivity contribution in [3.05, 3.63) is 24.3 Å². The Balaban J connectivity index is 2.57. The Labute approximate surface area is 108 Å². The van der Waals surface area contributed by atoms with Gasteiger partial charge < -0.3 is 4.74 Å². The van der Waals surface area contributed by atoms with Crippen LogP contribution >= 0.6 is 11.8 Å². The fourth-order valence-electron chi connectivity index (χ4n) is 1.90. The van der Waals surface area contributed by atoms with Gasteiger partial charge in [-0.25, -0.2) is 0 Å². The molecule has 0 amide bonds. The van der Waals surface area contributed by atoms with E-state index in [4.69, 9.17) is 4.74 Å². The van der Waals surface area contributed by atoms with Crippen molar-refractivity contribution in [1.82, 2.24) is 4.90 Å². The van der Waals surface area contributed by atoms with Crippen LogP contribution in [0.1, 0.15) is 13.3 Å². The summed E-state index contributed by atoms with van der Waals surface area (Å²) in [4.78, 5) is 14.1. The molecule has 0 aromatic carbocycles. The van der Waals surface area contributed by atoms with E-state index < -0.39 is 0 Å². The third-order valence-corrected chi connectivity index (χ3v) is 3.47. The summed E-state index contributed by atoms with van der Waals surface area (Å²) in [6.45, 7) is 7.69. The van der Waals surface area contributed by atoms with E-state index in [9.17, 15) is 4.79 Å². The number of hydrogen-bond acceptors (Lipinski definition) is 4. The van der Waals surface area contributed by atoms with Crippen LogP contribution in [0.15, 0.2) is 24.3 Å². The van der Waals surface area contributed by atoms with E-state index >= 15 is 0 Å². The summed E-state index contributed by atoms with van der Waals surface area (Å²) >= 11 is 1.76. The summed E-state index contributed by atoms with van der Waals surface area (Å²) in [5.41, 5.74) is 1.20. The standard InChI is InChI=1S/C13H21NO2S/c1-4-11-6-8-14(10-11)12(7-9-17-3)13(15)16-5-2/h4,6,12H,1,5,7-10H2,2-3H3/t12-/m0/s1. The molecule has 1 atom stereocenters. The molecular formula is C13H21NO2S. The summed E-state index contributed by atoms with van der Waals surface area (Å²) in [7, 11) is 0. The average Bonchev–Trinajstić information content (AvgIpc) is 2.78. The maximum Gasteiger partial charge on any atom is 0.323 e. The molecule has 96 valence electrons. The number of esters is 1. The van der Waals surface area contributed by atoms with Crippen molar-refractivity contribution >= 4 is 17.7 Å². The van der Waals surface area contributed by atoms with E-state index in [1.165, 1.54) is 5.57 Å². The molecule has 17 heavy (non-hydrogen) atoms. The van der Waals surface area contributed by atoms with Crippen molar-refractivity contribution in [3.63, 3.8) is 0 Å². The quantitative estimate of drug-likeness (QED) is 0.652. The number of rotatable bonds is 7. The van der Waals surface area contributed by atoms with Gasteiger partial charge in [0.15, 0.2) is 0 Å². The number of carbonyl (C=O) groups is 1. The molecule has 1 rings (SSSR count). The van der Waals surface area contributed by atoms with Crippen molar-refractivity contribution in [2.45, 2.75) is 19.4 Å². The zero-order valence-electron chi connectivity index (χ0n) is 10.6. The topological polar surface area (TPSA) is 29.5 Å². The molecule has 0 bridgehead atoms. The zero-order chi connectivity index (χ0) is 12.7. The Morgan fingerprint density at radius 2 is 2.53 bits per heavy atom. The molecule has 0 saturated carbocycles. The predicted octanol–water partition coefficient (Wildman–Crippen LogP) is 2.10. The molecule has 0 unspecified atom stereocenters. The van der Waals surface area contributed by atoms with Gasteiger partial charge in [-0.3, -0.25) is 9.69 Å². The highest BCUT2D eigenvalue weighted by Gasteiger charge is 2.28. The number of ether oxygens (including phenoxy) is 1. The van der Waals surface area contributed by atoms with Crippen molar-refractivity contribution in [3.8, 4) is 0 Å². The Kier molecular flexibility index (Phi) is 6.37. The molecule has 0 N–H and O–H groups in total. The van der Waals surface area contributed by atoms with Gasteiger partial charge in [0.25, 0.3) is 0 Å². The van der Waals surface area contributed by atoms with Gasteiger partial charge in [0.1, 0.15) is 6.04 Å². The van der Waals surface area contributed by atoms with Crippen molar-refractivity contribution in [2.24, 2.45) is 0 Å². The van der Waals surface area contributed by atoms with E-state index in [1.807, 2.05) is 13.0 Å². The van der Waals surface area contributed by atoms with Crippen LogP contribution in [0.5, 0.6) is 0 Å². The number of carbonyl (C=O) groups excluding carboxylic acids is 1. The first-order valence-corrected chi connectivity index (χ1v) is 7.33. The molecule has 0 aliphatic carbocycles. The largest absolute Gasteiger partial charge is 0.465 e. The van der Waals surface area contributed by atoms with Gasteiger partial charge in [-0.15, -0.1) is 0 Å². The minimum atomic E-state index is -0.115. The maximum absolute atomic E-state index is 11.9. The van der Waals surface area contributed by atoms with Gasteiger partial charge in [0.2, 0.25) is 0 Å². The molecule has 0 saturated heterocycles. The van der Waals surface area contributed by atoms with Crippen LogP contribution in [-0.2, 0) is 9.53 Å². The number of thioether (sulfide) groups is 1. The predicted molar refractivity (Wildman–Crippen MR) is 73.3 cm³/mol. The van der Waals surface area contributed by atoms with Crippen LogP contribution in [0, 0.1) is 0 Å². The summed E-state index contributed by atoms with van der Waals surface area (Å²) in [6.07, 6.45) is 6.88. The van der Waals surface area contributed by atoms with Gasteiger partial charge in [-0.2, -0.15) is 11.8 Å². The third-order valence-electron chi connectivity index (χ3n) is 2.83. The molecular weight excluding hydrogens is 234 g/mol. The average molecular weight is 255 g/mol. The summed E-state index contributed by atoms with van der Waals surface area (Å²) in [5, 5.41) is 0. The van der Waals surface area contributed by atoms with E-state index in [0.717, 1.165) is 25.3 Å². The maximum atomic E-state index is 11.9. The Hall–Kier alpha value is -0.740. The van der Waals surface area contributed by atoms with Crippen molar-refractivity contribution in [2.75, 3.05) is 31.7 Å². The summed E-state index contributed by atoms with van der Waals surface area (Å²) in [6, 6.07) is -0.115. The third kappa shape index (κ3) is 4.21. The van der Waals surface area contributed by atoms with Crippen LogP contribution in [0.3, 0.4) is 0 Å². The number of hydrogen-bond donors (Lipinski definition) is 0. The Morgan fingerprint density at radius 3 is 3.06 bits per heavy atom. The second-order valence-corrected chi connectivity index (χ2v) is 4.95. The van der Waals surface area contributed by atoms with Crippen molar-refractivity contribution < 1.29 is 9.53 Å². The molecule has 1 aliphatic heterocycles. The molecule has 0 spiro atoms. The highest BCUT2D eigenvalue weighted by atomic mass is 32.2. The van der Waals surface area contributed by atoms with Crippen LogP contribution in [0.2, 0.25) is 0 Å². The van der Waals surface area contributed by atoms with Crippen LogP contribution < -0.4 is 0 Å². The van der Waals surface area contributed by atoms with Gasteiger partial charge >= 0.3 is 5.97 Å². The fourth-order valence-corrected chi connectivity index (χ4v) is 2.36. The fraction of sp³-hybridized carbons (Fsp3) is 0.615.